The number of anilines is 1. The predicted octanol–water partition coefficient (Wildman–Crippen LogP) is 1.47. The summed E-state index contributed by atoms with van der Waals surface area (Å²) in [6.45, 7) is 0. The van der Waals surface area contributed by atoms with Crippen LogP contribution in [0.25, 0.3) is 22.2 Å². The van der Waals surface area contributed by atoms with E-state index in [1.807, 2.05) is 12.1 Å². The first-order chi connectivity index (χ1) is 8.81. The lowest BCUT2D eigenvalue weighted by molar-refractivity contribution is 0.563. The second-order valence-corrected chi connectivity index (χ2v) is 3.75. The minimum atomic E-state index is -0.467. The summed E-state index contributed by atoms with van der Waals surface area (Å²) in [6, 6.07) is 8.87. The highest BCUT2D eigenvalue weighted by Crippen LogP contribution is 2.29. The van der Waals surface area contributed by atoms with E-state index in [2.05, 4.69) is 15.6 Å². The van der Waals surface area contributed by atoms with Crippen molar-refractivity contribution >= 4 is 16.7 Å². The van der Waals surface area contributed by atoms with Gasteiger partial charge in [-0.3, -0.25) is 10.9 Å². The molecule has 18 heavy (non-hydrogen) atoms. The standard InChI is InChI=1S/C12H10N4O2/c13-15-11-7-3-1-2-4-9(7)18-12(17)10(11)8-5-6-14-16-8/h1-6,15H,13H2,(H,14,16). The molecule has 0 aliphatic carbocycles. The molecule has 0 fully saturated rings. The third kappa shape index (κ3) is 1.47. The van der Waals surface area contributed by atoms with Crippen LogP contribution in [0.1, 0.15) is 0 Å². The largest absolute Gasteiger partial charge is 0.422 e. The van der Waals surface area contributed by atoms with Crippen LogP contribution in [0.3, 0.4) is 0 Å². The maximum atomic E-state index is 12.0. The quantitative estimate of drug-likeness (QED) is 0.359. The summed E-state index contributed by atoms with van der Waals surface area (Å²) in [5.74, 6) is 5.53. The summed E-state index contributed by atoms with van der Waals surface area (Å²) in [6.07, 6.45) is 1.56. The topological polar surface area (TPSA) is 96.9 Å². The van der Waals surface area contributed by atoms with Gasteiger partial charge < -0.3 is 9.84 Å². The highest BCUT2D eigenvalue weighted by molar-refractivity contribution is 5.97. The Labute approximate surface area is 101 Å². The van der Waals surface area contributed by atoms with Gasteiger partial charge in [0, 0.05) is 11.6 Å². The van der Waals surface area contributed by atoms with Crippen molar-refractivity contribution in [1.82, 2.24) is 10.2 Å². The summed E-state index contributed by atoms with van der Waals surface area (Å²) in [5, 5.41) is 7.29. The number of nitrogen functional groups attached to an aromatic ring is 1. The first kappa shape index (κ1) is 10.5. The van der Waals surface area contributed by atoms with E-state index in [9.17, 15) is 4.79 Å². The van der Waals surface area contributed by atoms with Gasteiger partial charge in [-0.1, -0.05) is 12.1 Å². The number of nitrogens with two attached hydrogens (primary N) is 1. The highest BCUT2D eigenvalue weighted by atomic mass is 16.4. The molecular weight excluding hydrogens is 232 g/mol. The average Bonchev–Trinajstić information content (AvgIpc) is 2.90. The third-order valence-corrected chi connectivity index (χ3v) is 2.73. The summed E-state index contributed by atoms with van der Waals surface area (Å²) in [5.41, 5.74) is 4.00. The Kier molecular flexibility index (Phi) is 2.35. The Hall–Kier alpha value is -2.60. The van der Waals surface area contributed by atoms with E-state index in [-0.39, 0.29) is 0 Å². The van der Waals surface area contributed by atoms with E-state index in [0.717, 1.165) is 5.39 Å². The number of nitrogens with one attached hydrogen (secondary N) is 2. The number of rotatable bonds is 2. The van der Waals surface area contributed by atoms with Crippen molar-refractivity contribution < 1.29 is 4.42 Å². The Balaban J connectivity index is 2.45. The van der Waals surface area contributed by atoms with Gasteiger partial charge in [0.05, 0.1) is 11.4 Å². The molecule has 6 nitrogen and oxygen atoms in total. The molecule has 0 unspecified atom stereocenters. The van der Waals surface area contributed by atoms with Crippen LogP contribution >= 0.6 is 0 Å². The lowest BCUT2D eigenvalue weighted by Gasteiger charge is -2.08. The zero-order chi connectivity index (χ0) is 12.5. The SMILES string of the molecule is NNc1c(-c2ccn[nH]2)c(=O)oc2ccccc12. The fraction of sp³-hybridized carbons (Fsp3) is 0. The van der Waals surface area contributed by atoms with Crippen molar-refractivity contribution in [3.05, 3.63) is 46.9 Å². The summed E-state index contributed by atoms with van der Waals surface area (Å²) >= 11 is 0. The van der Waals surface area contributed by atoms with Crippen molar-refractivity contribution in [2.45, 2.75) is 0 Å². The smallest absolute Gasteiger partial charge is 0.347 e. The second kappa shape index (κ2) is 4.01. The fourth-order valence-electron chi connectivity index (χ4n) is 1.94. The molecule has 4 N–H and O–H groups in total. The maximum Gasteiger partial charge on any atom is 0.347 e. The molecule has 0 radical (unpaired) electrons. The Bertz CT molecular complexity index is 746. The van der Waals surface area contributed by atoms with Crippen LogP contribution in [0.5, 0.6) is 0 Å². The molecule has 0 spiro atoms. The van der Waals surface area contributed by atoms with E-state index in [1.54, 1.807) is 24.4 Å². The van der Waals surface area contributed by atoms with Gasteiger partial charge in [0.25, 0.3) is 0 Å². The van der Waals surface area contributed by atoms with Gasteiger partial charge in [-0.25, -0.2) is 4.79 Å². The number of benzene rings is 1. The summed E-state index contributed by atoms with van der Waals surface area (Å²) in [4.78, 5) is 12.0. The van der Waals surface area contributed by atoms with Crippen molar-refractivity contribution in [2.24, 2.45) is 5.84 Å². The molecule has 0 atom stereocenters. The first-order valence-corrected chi connectivity index (χ1v) is 5.33. The molecule has 3 aromatic rings. The predicted molar refractivity (Wildman–Crippen MR) is 67.9 cm³/mol. The summed E-state index contributed by atoms with van der Waals surface area (Å²) in [7, 11) is 0. The number of nitrogens with zero attached hydrogens (tertiary/aromatic N) is 1. The van der Waals surface area contributed by atoms with Gasteiger partial charge in [-0.2, -0.15) is 5.10 Å². The Morgan fingerprint density at radius 1 is 1.28 bits per heavy atom. The van der Waals surface area contributed by atoms with Crippen LogP contribution in [-0.2, 0) is 0 Å². The molecule has 0 saturated carbocycles. The van der Waals surface area contributed by atoms with Crippen LogP contribution in [0, 0.1) is 0 Å². The van der Waals surface area contributed by atoms with Gasteiger partial charge in [-0.15, -0.1) is 0 Å². The number of aromatic nitrogens is 2. The number of hydrogen-bond acceptors (Lipinski definition) is 5. The zero-order valence-corrected chi connectivity index (χ0v) is 9.31. The van der Waals surface area contributed by atoms with Crippen LogP contribution < -0.4 is 16.9 Å². The number of H-pyrrole nitrogens is 1. The van der Waals surface area contributed by atoms with Crippen molar-refractivity contribution in [3.63, 3.8) is 0 Å². The minimum Gasteiger partial charge on any atom is -0.422 e. The molecule has 1 aromatic carbocycles. The number of para-hydroxylation sites is 1. The Morgan fingerprint density at radius 3 is 2.83 bits per heavy atom. The van der Waals surface area contributed by atoms with Crippen molar-refractivity contribution in [3.8, 4) is 11.3 Å². The van der Waals surface area contributed by atoms with E-state index in [1.165, 1.54) is 0 Å². The van der Waals surface area contributed by atoms with Gasteiger partial charge in [0.2, 0.25) is 0 Å². The van der Waals surface area contributed by atoms with Crippen LogP contribution in [0.4, 0.5) is 5.69 Å². The number of hydrazine groups is 1. The van der Waals surface area contributed by atoms with Gasteiger partial charge in [0.15, 0.2) is 0 Å². The van der Waals surface area contributed by atoms with Crippen LogP contribution in [0.15, 0.2) is 45.7 Å². The normalized spacial score (nSPS) is 10.7. The summed E-state index contributed by atoms with van der Waals surface area (Å²) < 4.78 is 5.26. The molecule has 2 heterocycles. The minimum absolute atomic E-state index is 0.341. The Morgan fingerprint density at radius 2 is 2.11 bits per heavy atom. The maximum absolute atomic E-state index is 12.0. The second-order valence-electron chi connectivity index (χ2n) is 3.75. The van der Waals surface area contributed by atoms with E-state index in [0.29, 0.717) is 22.5 Å². The van der Waals surface area contributed by atoms with E-state index >= 15 is 0 Å². The van der Waals surface area contributed by atoms with Crippen molar-refractivity contribution in [2.75, 3.05) is 5.43 Å². The monoisotopic (exact) mass is 242 g/mol. The van der Waals surface area contributed by atoms with E-state index in [4.69, 9.17) is 10.3 Å². The number of aromatic amines is 1. The molecule has 6 heteroatoms. The lowest BCUT2D eigenvalue weighted by Crippen LogP contribution is -2.14. The highest BCUT2D eigenvalue weighted by Gasteiger charge is 2.16. The molecule has 0 saturated heterocycles. The van der Waals surface area contributed by atoms with Gasteiger partial charge >= 0.3 is 5.63 Å². The van der Waals surface area contributed by atoms with Gasteiger partial charge in [0.1, 0.15) is 11.1 Å². The first-order valence-electron chi connectivity index (χ1n) is 5.33. The molecule has 3 rings (SSSR count). The molecule has 0 aliphatic rings. The van der Waals surface area contributed by atoms with Crippen molar-refractivity contribution in [1.29, 1.82) is 0 Å². The molecular formula is C12H10N4O2. The third-order valence-electron chi connectivity index (χ3n) is 2.73. The van der Waals surface area contributed by atoms with Gasteiger partial charge in [-0.05, 0) is 18.2 Å². The lowest BCUT2D eigenvalue weighted by atomic mass is 10.1. The molecule has 0 amide bonds. The molecule has 90 valence electrons. The zero-order valence-electron chi connectivity index (χ0n) is 9.31. The molecule has 2 aromatic heterocycles. The number of fused-ring (bicyclic) bond motifs is 1. The van der Waals surface area contributed by atoms with E-state index < -0.39 is 5.63 Å². The van der Waals surface area contributed by atoms with Crippen LogP contribution in [0.2, 0.25) is 0 Å². The number of hydrogen-bond donors (Lipinski definition) is 3. The molecule has 0 bridgehead atoms. The van der Waals surface area contributed by atoms with Crippen LogP contribution in [-0.4, -0.2) is 10.2 Å². The molecule has 0 aliphatic heterocycles. The average molecular weight is 242 g/mol. The fourth-order valence-corrected chi connectivity index (χ4v) is 1.94.